The summed E-state index contributed by atoms with van der Waals surface area (Å²) in [6, 6.07) is 16.4. The van der Waals surface area contributed by atoms with Gasteiger partial charge in [0.25, 0.3) is 5.91 Å². The lowest BCUT2D eigenvalue weighted by Crippen LogP contribution is -2.48. The zero-order valence-electron chi connectivity index (χ0n) is 21.5. The van der Waals surface area contributed by atoms with Gasteiger partial charge < -0.3 is 9.80 Å². The molecule has 0 saturated heterocycles. The van der Waals surface area contributed by atoms with E-state index in [9.17, 15) is 4.79 Å². The summed E-state index contributed by atoms with van der Waals surface area (Å²) >= 11 is 14.0. The second-order valence-electron chi connectivity index (χ2n) is 10.7. The Labute approximate surface area is 228 Å². The summed E-state index contributed by atoms with van der Waals surface area (Å²) < 4.78 is 0. The van der Waals surface area contributed by atoms with E-state index in [2.05, 4.69) is 68.7 Å². The lowest BCUT2D eigenvalue weighted by Gasteiger charge is -2.41. The Bertz CT molecular complexity index is 1220. The zero-order valence-corrected chi connectivity index (χ0v) is 23.8. The van der Waals surface area contributed by atoms with E-state index < -0.39 is 5.54 Å². The van der Waals surface area contributed by atoms with Crippen LogP contribution in [0, 0.1) is 5.92 Å². The van der Waals surface area contributed by atoms with Crippen LogP contribution in [-0.4, -0.2) is 33.0 Å². The number of fused-ring (bicyclic) bond motifs is 1. The summed E-state index contributed by atoms with van der Waals surface area (Å²) in [6.45, 7) is 10.8. The number of hydrogen-bond acceptors (Lipinski definition) is 4. The molecule has 1 aliphatic carbocycles. The predicted molar refractivity (Wildman–Crippen MR) is 151 cm³/mol. The van der Waals surface area contributed by atoms with Crippen LogP contribution in [0.4, 0.5) is 0 Å². The van der Waals surface area contributed by atoms with E-state index in [1.807, 2.05) is 24.3 Å². The predicted octanol–water partition coefficient (Wildman–Crippen LogP) is 8.03. The third kappa shape index (κ3) is 4.27. The van der Waals surface area contributed by atoms with Crippen molar-refractivity contribution < 1.29 is 4.79 Å². The van der Waals surface area contributed by atoms with E-state index in [1.54, 1.807) is 0 Å². The minimum Gasteiger partial charge on any atom is -0.333 e. The molecule has 36 heavy (non-hydrogen) atoms. The molecule has 1 amide bonds. The second-order valence-corrected chi connectivity index (χ2v) is 12.6. The average molecular weight is 543 g/mol. The van der Waals surface area contributed by atoms with Crippen LogP contribution in [0.1, 0.15) is 71.0 Å². The molecule has 5 rings (SSSR count). The maximum absolute atomic E-state index is 14.1. The van der Waals surface area contributed by atoms with Gasteiger partial charge in [-0.2, -0.15) is 0 Å². The van der Waals surface area contributed by atoms with Gasteiger partial charge in [0.2, 0.25) is 0 Å². The maximum Gasteiger partial charge on any atom is 0.263 e. The normalized spacial score (nSPS) is 23.9. The Morgan fingerprint density at radius 3 is 2.11 bits per heavy atom. The number of thioether (sulfide) groups is 1. The highest BCUT2D eigenvalue weighted by molar-refractivity contribution is 8.18. The monoisotopic (exact) mass is 541 g/mol. The quantitative estimate of drug-likeness (QED) is 0.371. The number of rotatable bonds is 6. The van der Waals surface area contributed by atoms with Gasteiger partial charge in [-0.05, 0) is 93.1 Å². The van der Waals surface area contributed by atoms with Gasteiger partial charge in [-0.3, -0.25) is 4.79 Å². The summed E-state index contributed by atoms with van der Waals surface area (Å²) in [5, 5.41) is 2.29. The van der Waals surface area contributed by atoms with Gasteiger partial charge in [-0.15, -0.1) is 0 Å². The van der Waals surface area contributed by atoms with Gasteiger partial charge in [0.1, 0.15) is 10.4 Å². The molecule has 2 atom stereocenters. The number of hydrogen-bond donors (Lipinski definition) is 0. The van der Waals surface area contributed by atoms with Crippen molar-refractivity contribution in [2.45, 2.75) is 77.5 Å². The van der Waals surface area contributed by atoms with Crippen LogP contribution in [0.2, 0.25) is 10.0 Å². The third-order valence-corrected chi connectivity index (χ3v) is 9.19. The van der Waals surface area contributed by atoms with Crippen molar-refractivity contribution in [3.05, 3.63) is 80.3 Å². The maximum atomic E-state index is 14.1. The molecular weight excluding hydrogens is 509 g/mol. The van der Waals surface area contributed by atoms with Gasteiger partial charge in [-0.1, -0.05) is 61.3 Å². The second kappa shape index (κ2) is 9.74. The summed E-state index contributed by atoms with van der Waals surface area (Å²) in [5.41, 5.74) is 2.71. The molecule has 0 bridgehead atoms. The molecule has 0 N–H and O–H groups in total. The molecule has 3 aliphatic rings. The topological polar surface area (TPSA) is 35.9 Å². The van der Waals surface area contributed by atoms with Crippen molar-refractivity contribution in [2.75, 3.05) is 0 Å². The van der Waals surface area contributed by atoms with Crippen molar-refractivity contribution in [3.8, 4) is 0 Å². The summed E-state index contributed by atoms with van der Waals surface area (Å²) in [6.07, 6.45) is 3.37. The molecule has 4 nitrogen and oxygen atoms in total. The molecule has 0 unspecified atom stereocenters. The summed E-state index contributed by atoms with van der Waals surface area (Å²) in [5.74, 6) is 0.297. The van der Waals surface area contributed by atoms with E-state index in [0.29, 0.717) is 16.1 Å². The van der Waals surface area contributed by atoms with Gasteiger partial charge in [0.15, 0.2) is 5.17 Å². The van der Waals surface area contributed by atoms with Crippen LogP contribution in [0.3, 0.4) is 0 Å². The lowest BCUT2D eigenvalue weighted by molar-refractivity contribution is -0.132. The van der Waals surface area contributed by atoms with Crippen LogP contribution in [0.5, 0.6) is 0 Å². The fraction of sp³-hybridized carbons (Fsp3) is 0.448. The Hall–Kier alpha value is -1.95. The minimum absolute atomic E-state index is 0.114. The van der Waals surface area contributed by atoms with E-state index in [1.165, 1.54) is 18.2 Å². The zero-order chi connectivity index (χ0) is 25.8. The molecule has 7 heteroatoms. The highest BCUT2D eigenvalue weighted by atomic mass is 35.5. The molecule has 1 fully saturated rings. The molecule has 0 spiro atoms. The number of allylic oxidation sites excluding steroid dienone is 1. The SMILES string of the molecule is CC(C)C1=C(C(=O)N(C(C)C)C2CCC2)SC2=N[C@@](C)(c3ccc(Cl)cc3)[C@@H](c3ccc(Cl)cc3)N21. The van der Waals surface area contributed by atoms with E-state index >= 15 is 0 Å². The molecular formula is C29H33Cl2N3OS. The van der Waals surface area contributed by atoms with Gasteiger partial charge in [0, 0.05) is 27.8 Å². The van der Waals surface area contributed by atoms with Crippen LogP contribution >= 0.6 is 35.0 Å². The van der Waals surface area contributed by atoms with Gasteiger partial charge in [-0.25, -0.2) is 4.99 Å². The Morgan fingerprint density at radius 1 is 1.03 bits per heavy atom. The molecule has 0 radical (unpaired) electrons. The fourth-order valence-corrected chi connectivity index (χ4v) is 7.27. The molecule has 0 aromatic heterocycles. The number of aliphatic imine (C=N–C) groups is 1. The molecule has 2 aromatic carbocycles. The molecule has 190 valence electrons. The average Bonchev–Trinajstić information content (AvgIpc) is 3.29. The number of carbonyl (C=O) groups excluding carboxylic acids is 1. The Morgan fingerprint density at radius 2 is 1.61 bits per heavy atom. The highest BCUT2D eigenvalue weighted by Crippen LogP contribution is 2.56. The Balaban J connectivity index is 1.63. The smallest absolute Gasteiger partial charge is 0.263 e. The first kappa shape index (κ1) is 25.7. The number of nitrogens with zero attached hydrogens (tertiary/aromatic N) is 3. The van der Waals surface area contributed by atoms with Crippen molar-refractivity contribution in [2.24, 2.45) is 10.9 Å². The highest BCUT2D eigenvalue weighted by Gasteiger charge is 2.53. The number of amides is 1. The molecule has 2 aliphatic heterocycles. The van der Waals surface area contributed by atoms with Crippen LogP contribution in [-0.2, 0) is 10.3 Å². The van der Waals surface area contributed by atoms with E-state index in [-0.39, 0.29) is 23.9 Å². The summed E-state index contributed by atoms with van der Waals surface area (Å²) in [7, 11) is 0. The molecule has 2 heterocycles. The first-order valence-electron chi connectivity index (χ1n) is 12.8. The van der Waals surface area contributed by atoms with Crippen molar-refractivity contribution in [1.82, 2.24) is 9.80 Å². The van der Waals surface area contributed by atoms with Gasteiger partial charge >= 0.3 is 0 Å². The standard InChI is InChI=1S/C29H33Cl2N3OS/c1-17(2)24-25(27(35)33(18(3)4)23-7-6-8-23)36-28-32-29(5,20-11-15-22(31)16-12-20)26(34(24)28)19-9-13-21(30)14-10-19/h9-18,23,26H,6-8H2,1-5H3/t26-,29+/m1/s1. The van der Waals surface area contributed by atoms with E-state index in [0.717, 1.165) is 39.7 Å². The van der Waals surface area contributed by atoms with Crippen molar-refractivity contribution >= 4 is 46.0 Å². The number of carbonyl (C=O) groups is 1. The molecule has 2 aromatic rings. The first-order valence-corrected chi connectivity index (χ1v) is 14.3. The largest absolute Gasteiger partial charge is 0.333 e. The summed E-state index contributed by atoms with van der Waals surface area (Å²) in [4.78, 5) is 24.6. The van der Waals surface area contributed by atoms with Crippen LogP contribution < -0.4 is 0 Å². The van der Waals surface area contributed by atoms with Crippen LogP contribution in [0.15, 0.2) is 64.1 Å². The fourth-order valence-electron chi connectivity index (χ4n) is 5.67. The minimum atomic E-state index is -0.554. The van der Waals surface area contributed by atoms with E-state index in [4.69, 9.17) is 28.2 Å². The number of benzene rings is 2. The third-order valence-electron chi connectivity index (χ3n) is 7.62. The van der Waals surface area contributed by atoms with Crippen molar-refractivity contribution in [3.63, 3.8) is 0 Å². The van der Waals surface area contributed by atoms with Crippen LogP contribution in [0.25, 0.3) is 0 Å². The lowest BCUT2D eigenvalue weighted by atomic mass is 9.81. The number of amidine groups is 1. The van der Waals surface area contributed by atoms with Crippen molar-refractivity contribution in [1.29, 1.82) is 0 Å². The first-order chi connectivity index (χ1) is 17.1. The van der Waals surface area contributed by atoms with Gasteiger partial charge in [0.05, 0.1) is 6.04 Å². The Kier molecular flexibility index (Phi) is 6.95. The number of halogens is 2. The molecule has 1 saturated carbocycles.